The van der Waals surface area contributed by atoms with E-state index in [0.717, 1.165) is 0 Å². The number of hydrogen-bond donors (Lipinski definition) is 3. The first-order valence-electron chi connectivity index (χ1n) is 7.59. The summed E-state index contributed by atoms with van der Waals surface area (Å²) < 4.78 is 5.04. The van der Waals surface area contributed by atoms with E-state index in [4.69, 9.17) is 21.4 Å². The van der Waals surface area contributed by atoms with Crippen molar-refractivity contribution < 1.29 is 24.2 Å². The van der Waals surface area contributed by atoms with Crippen LogP contribution in [0.3, 0.4) is 0 Å². The van der Waals surface area contributed by atoms with Gasteiger partial charge in [-0.15, -0.1) is 0 Å². The first-order valence-corrected chi connectivity index (χ1v) is 7.97. The van der Waals surface area contributed by atoms with Gasteiger partial charge in [-0.25, -0.2) is 0 Å². The zero-order valence-corrected chi connectivity index (χ0v) is 15.1. The summed E-state index contributed by atoms with van der Waals surface area (Å²) in [6.07, 6.45) is 0. The molecular formula is C16H22ClN3O5. The number of nitrogens with zero attached hydrogens (tertiary/aromatic N) is 1. The second kappa shape index (κ2) is 9.85. The second-order valence-electron chi connectivity index (χ2n) is 5.37. The Bertz CT molecular complexity index is 638. The van der Waals surface area contributed by atoms with E-state index in [1.165, 1.54) is 25.9 Å². The van der Waals surface area contributed by atoms with Crippen LogP contribution in [0.4, 0.5) is 5.69 Å². The van der Waals surface area contributed by atoms with Crippen molar-refractivity contribution in [2.24, 2.45) is 0 Å². The van der Waals surface area contributed by atoms with Crippen molar-refractivity contribution in [3.63, 3.8) is 0 Å². The summed E-state index contributed by atoms with van der Waals surface area (Å²) in [6.45, 7) is 3.17. The van der Waals surface area contributed by atoms with Crippen LogP contribution >= 0.6 is 11.6 Å². The molecule has 138 valence electrons. The van der Waals surface area contributed by atoms with Gasteiger partial charge in [0.1, 0.15) is 11.8 Å². The number of benzene rings is 1. The van der Waals surface area contributed by atoms with Gasteiger partial charge in [0, 0.05) is 25.7 Å². The number of carboxylic acids is 1. The minimum atomic E-state index is -1.05. The maximum absolute atomic E-state index is 12.2. The molecule has 1 aromatic carbocycles. The number of rotatable bonds is 9. The molecule has 0 aliphatic rings. The highest BCUT2D eigenvalue weighted by Crippen LogP contribution is 2.27. The Hall–Kier alpha value is -2.32. The molecule has 0 spiro atoms. The third-order valence-electron chi connectivity index (χ3n) is 3.46. The normalized spacial score (nSPS) is 11.7. The van der Waals surface area contributed by atoms with Crippen LogP contribution in [0.2, 0.25) is 5.02 Å². The fourth-order valence-electron chi connectivity index (χ4n) is 2.07. The molecule has 1 unspecified atom stereocenters. The number of halogens is 1. The monoisotopic (exact) mass is 371 g/mol. The van der Waals surface area contributed by atoms with Gasteiger partial charge in [0.15, 0.2) is 0 Å². The molecule has 9 heteroatoms. The van der Waals surface area contributed by atoms with Gasteiger partial charge in [0.2, 0.25) is 11.8 Å². The Morgan fingerprint density at radius 3 is 2.56 bits per heavy atom. The zero-order valence-electron chi connectivity index (χ0n) is 14.3. The lowest BCUT2D eigenvalue weighted by Gasteiger charge is -2.25. The summed E-state index contributed by atoms with van der Waals surface area (Å²) in [5.74, 6) is -1.18. The van der Waals surface area contributed by atoms with Crippen LogP contribution in [-0.4, -0.2) is 60.6 Å². The zero-order chi connectivity index (χ0) is 19.0. The van der Waals surface area contributed by atoms with Crippen LogP contribution in [0.5, 0.6) is 5.75 Å². The molecule has 0 saturated heterocycles. The fourth-order valence-corrected chi connectivity index (χ4v) is 2.33. The molecular weight excluding hydrogens is 350 g/mol. The lowest BCUT2D eigenvalue weighted by atomic mass is 10.2. The predicted octanol–water partition coefficient (Wildman–Crippen LogP) is 1.20. The van der Waals surface area contributed by atoms with E-state index in [1.807, 2.05) is 0 Å². The van der Waals surface area contributed by atoms with Gasteiger partial charge < -0.3 is 20.5 Å². The van der Waals surface area contributed by atoms with Gasteiger partial charge in [0.25, 0.3) is 0 Å². The van der Waals surface area contributed by atoms with E-state index >= 15 is 0 Å². The van der Waals surface area contributed by atoms with Crippen molar-refractivity contribution in [1.82, 2.24) is 10.2 Å². The van der Waals surface area contributed by atoms with E-state index in [9.17, 15) is 14.4 Å². The van der Waals surface area contributed by atoms with Crippen LogP contribution in [-0.2, 0) is 14.4 Å². The van der Waals surface area contributed by atoms with Crippen molar-refractivity contribution in [3.05, 3.63) is 23.2 Å². The lowest BCUT2D eigenvalue weighted by Crippen LogP contribution is -2.46. The fraction of sp³-hybridized carbons (Fsp3) is 0.438. The standard InChI is InChI=1S/C16H22ClN3O5/c1-10(16(23)24)20(7-6-18-11(2)21)9-15(22)19-12-4-5-14(25-3)13(17)8-12/h4-5,8,10H,6-7,9H2,1-3H3,(H,18,21)(H,19,22)(H,23,24). The molecule has 0 radical (unpaired) electrons. The van der Waals surface area contributed by atoms with E-state index in [1.54, 1.807) is 18.2 Å². The highest BCUT2D eigenvalue weighted by atomic mass is 35.5. The van der Waals surface area contributed by atoms with Crippen LogP contribution in [0.1, 0.15) is 13.8 Å². The number of methoxy groups -OCH3 is 1. The summed E-state index contributed by atoms with van der Waals surface area (Å²) in [5, 5.41) is 14.7. The van der Waals surface area contributed by atoms with Gasteiger partial charge in [-0.05, 0) is 25.1 Å². The molecule has 8 nitrogen and oxygen atoms in total. The first kappa shape index (κ1) is 20.7. The predicted molar refractivity (Wildman–Crippen MR) is 94.0 cm³/mol. The van der Waals surface area contributed by atoms with Crippen LogP contribution in [0.25, 0.3) is 0 Å². The quantitative estimate of drug-likeness (QED) is 0.602. The lowest BCUT2D eigenvalue weighted by molar-refractivity contribution is -0.142. The van der Waals surface area contributed by atoms with Crippen molar-refractivity contribution in [2.45, 2.75) is 19.9 Å². The van der Waals surface area contributed by atoms with E-state index in [-0.39, 0.29) is 25.5 Å². The Labute approximate surface area is 151 Å². The molecule has 0 heterocycles. The van der Waals surface area contributed by atoms with Crippen molar-refractivity contribution in [3.8, 4) is 5.75 Å². The molecule has 0 fully saturated rings. The molecule has 25 heavy (non-hydrogen) atoms. The molecule has 0 aromatic heterocycles. The van der Waals surface area contributed by atoms with Crippen LogP contribution in [0, 0.1) is 0 Å². The maximum Gasteiger partial charge on any atom is 0.320 e. The molecule has 2 amide bonds. The number of carbonyl (C=O) groups excluding carboxylic acids is 2. The van der Waals surface area contributed by atoms with E-state index in [2.05, 4.69) is 10.6 Å². The summed E-state index contributed by atoms with van der Waals surface area (Å²) in [7, 11) is 1.49. The molecule has 0 bridgehead atoms. The highest BCUT2D eigenvalue weighted by Gasteiger charge is 2.22. The minimum Gasteiger partial charge on any atom is -0.495 e. The number of carbonyl (C=O) groups is 3. The number of ether oxygens (including phenoxy) is 1. The molecule has 0 aliphatic carbocycles. The maximum atomic E-state index is 12.2. The van der Waals surface area contributed by atoms with E-state index in [0.29, 0.717) is 16.5 Å². The van der Waals surface area contributed by atoms with E-state index < -0.39 is 17.9 Å². The Balaban J connectivity index is 2.71. The molecule has 0 saturated carbocycles. The Morgan fingerprint density at radius 1 is 1.36 bits per heavy atom. The SMILES string of the molecule is COc1ccc(NC(=O)CN(CCNC(C)=O)C(C)C(=O)O)cc1Cl. The Kier molecular flexibility index (Phi) is 8.17. The number of carboxylic acid groups (broad SMARTS) is 1. The van der Waals surface area contributed by atoms with Crippen LogP contribution in [0.15, 0.2) is 18.2 Å². The third-order valence-corrected chi connectivity index (χ3v) is 3.76. The van der Waals surface area contributed by atoms with Crippen molar-refractivity contribution >= 4 is 35.1 Å². The molecule has 3 N–H and O–H groups in total. The Morgan fingerprint density at radius 2 is 2.04 bits per heavy atom. The average Bonchev–Trinajstić information content (AvgIpc) is 2.53. The van der Waals surface area contributed by atoms with Crippen molar-refractivity contribution in [2.75, 3.05) is 32.1 Å². The second-order valence-corrected chi connectivity index (χ2v) is 5.77. The van der Waals surface area contributed by atoms with Crippen molar-refractivity contribution in [1.29, 1.82) is 0 Å². The molecule has 1 rings (SSSR count). The first-order chi connectivity index (χ1) is 11.7. The third kappa shape index (κ3) is 6.98. The van der Waals surface area contributed by atoms with Gasteiger partial charge in [0.05, 0.1) is 18.7 Å². The number of hydrogen-bond acceptors (Lipinski definition) is 5. The number of amides is 2. The van der Waals surface area contributed by atoms with Gasteiger partial charge >= 0.3 is 5.97 Å². The number of nitrogens with one attached hydrogen (secondary N) is 2. The van der Waals surface area contributed by atoms with Gasteiger partial charge in [-0.3, -0.25) is 19.3 Å². The topological polar surface area (TPSA) is 108 Å². The summed E-state index contributed by atoms with van der Waals surface area (Å²) in [6, 6.07) is 3.91. The molecule has 1 atom stereocenters. The van der Waals surface area contributed by atoms with Crippen LogP contribution < -0.4 is 15.4 Å². The summed E-state index contributed by atoms with van der Waals surface area (Å²) >= 11 is 6.00. The minimum absolute atomic E-state index is 0.142. The average molecular weight is 372 g/mol. The van der Waals surface area contributed by atoms with Gasteiger partial charge in [-0.2, -0.15) is 0 Å². The largest absolute Gasteiger partial charge is 0.495 e. The smallest absolute Gasteiger partial charge is 0.320 e. The number of anilines is 1. The highest BCUT2D eigenvalue weighted by molar-refractivity contribution is 6.32. The molecule has 1 aromatic rings. The summed E-state index contributed by atoms with van der Waals surface area (Å²) in [5.41, 5.74) is 0.473. The number of aliphatic carboxylic acids is 1. The molecule has 0 aliphatic heterocycles. The summed E-state index contributed by atoms with van der Waals surface area (Å²) in [4.78, 5) is 35.8. The van der Waals surface area contributed by atoms with Gasteiger partial charge in [-0.1, -0.05) is 11.6 Å².